The highest BCUT2D eigenvalue weighted by atomic mass is 16.7. The van der Waals surface area contributed by atoms with Gasteiger partial charge in [0.2, 0.25) is 0 Å². The third-order valence-corrected chi connectivity index (χ3v) is 2.68. The second kappa shape index (κ2) is 8.76. The topological polar surface area (TPSA) is 18.5 Å². The predicted molar refractivity (Wildman–Crippen MR) is 76.7 cm³/mol. The van der Waals surface area contributed by atoms with Crippen LogP contribution in [0.5, 0.6) is 5.75 Å². The van der Waals surface area contributed by atoms with Crippen molar-refractivity contribution in [3.05, 3.63) is 36.4 Å². The average Bonchev–Trinajstić information content (AvgIpc) is 2.42. The predicted octanol–water partition coefficient (Wildman–Crippen LogP) is 4.65. The summed E-state index contributed by atoms with van der Waals surface area (Å²) in [5.74, 6) is 0.859. The lowest BCUT2D eigenvalue weighted by Gasteiger charge is -2.19. The Labute approximate surface area is 111 Å². The molecule has 0 spiro atoms. The number of hydrogen-bond donors (Lipinski definition) is 0. The second-order valence-corrected chi connectivity index (χ2v) is 4.33. The van der Waals surface area contributed by atoms with E-state index in [1.807, 2.05) is 30.3 Å². The molecular formula is C16H24O2. The van der Waals surface area contributed by atoms with Crippen LogP contribution < -0.4 is 4.74 Å². The summed E-state index contributed by atoms with van der Waals surface area (Å²) in [5, 5.41) is 0. The highest BCUT2D eigenvalue weighted by Crippen LogP contribution is 2.17. The largest absolute Gasteiger partial charge is 0.465 e. The molecule has 0 saturated heterocycles. The van der Waals surface area contributed by atoms with Gasteiger partial charge in [-0.1, -0.05) is 45.1 Å². The highest BCUT2D eigenvalue weighted by Gasteiger charge is 2.09. The van der Waals surface area contributed by atoms with E-state index < -0.39 is 0 Å². The number of rotatable bonds is 9. The molecule has 1 aromatic carbocycles. The molecule has 0 fully saturated rings. The fraction of sp³-hybridized carbons (Fsp3) is 0.500. The molecule has 0 saturated carbocycles. The summed E-state index contributed by atoms with van der Waals surface area (Å²) in [6.45, 7) is 8.77. The standard InChI is InChI=1S/C16H24O2/c1-4-7-8-16(17-13-5-2)18-15-11-9-14(6-3)10-12-15/h6,9-12,16H,3-5,7-8,13H2,1-2H3. The van der Waals surface area contributed by atoms with Crippen LogP contribution in [0, 0.1) is 0 Å². The van der Waals surface area contributed by atoms with Crippen molar-refractivity contribution in [1.82, 2.24) is 0 Å². The third kappa shape index (κ3) is 5.37. The summed E-state index contributed by atoms with van der Waals surface area (Å²) in [6, 6.07) is 7.93. The zero-order valence-corrected chi connectivity index (χ0v) is 11.5. The van der Waals surface area contributed by atoms with Gasteiger partial charge in [-0.15, -0.1) is 0 Å². The van der Waals surface area contributed by atoms with Gasteiger partial charge in [-0.3, -0.25) is 0 Å². The minimum Gasteiger partial charge on any atom is -0.465 e. The molecule has 0 amide bonds. The first-order valence-corrected chi connectivity index (χ1v) is 6.80. The van der Waals surface area contributed by atoms with Crippen molar-refractivity contribution in [2.24, 2.45) is 0 Å². The molecule has 0 heterocycles. The van der Waals surface area contributed by atoms with E-state index in [-0.39, 0.29) is 6.29 Å². The van der Waals surface area contributed by atoms with Crippen LogP contribution in [0.2, 0.25) is 0 Å². The molecule has 2 nitrogen and oxygen atoms in total. The summed E-state index contributed by atoms with van der Waals surface area (Å²) >= 11 is 0. The average molecular weight is 248 g/mol. The van der Waals surface area contributed by atoms with E-state index in [1.54, 1.807) is 0 Å². The first-order valence-electron chi connectivity index (χ1n) is 6.80. The minimum atomic E-state index is -0.125. The Kier molecular flexibility index (Phi) is 7.19. The monoisotopic (exact) mass is 248 g/mol. The molecule has 2 heteroatoms. The van der Waals surface area contributed by atoms with Gasteiger partial charge < -0.3 is 9.47 Å². The molecule has 1 unspecified atom stereocenters. The summed E-state index contributed by atoms with van der Waals surface area (Å²) in [5.41, 5.74) is 1.10. The molecule has 0 aliphatic heterocycles. The van der Waals surface area contributed by atoms with Crippen molar-refractivity contribution in [3.63, 3.8) is 0 Å². The van der Waals surface area contributed by atoms with E-state index in [2.05, 4.69) is 20.4 Å². The first-order chi connectivity index (χ1) is 8.80. The van der Waals surface area contributed by atoms with E-state index in [0.29, 0.717) is 0 Å². The van der Waals surface area contributed by atoms with Gasteiger partial charge in [0.1, 0.15) is 5.75 Å². The fourth-order valence-corrected chi connectivity index (χ4v) is 1.63. The van der Waals surface area contributed by atoms with E-state index in [0.717, 1.165) is 43.6 Å². The molecule has 0 N–H and O–H groups in total. The quantitative estimate of drug-likeness (QED) is 0.592. The molecule has 0 bridgehead atoms. The molecule has 1 atom stereocenters. The Balaban J connectivity index is 2.53. The third-order valence-electron chi connectivity index (χ3n) is 2.68. The van der Waals surface area contributed by atoms with Crippen molar-refractivity contribution in [2.45, 2.75) is 45.8 Å². The Hall–Kier alpha value is -1.28. The van der Waals surface area contributed by atoms with Crippen molar-refractivity contribution >= 4 is 6.08 Å². The summed E-state index contributed by atoms with van der Waals surface area (Å²) in [4.78, 5) is 0. The van der Waals surface area contributed by atoms with Gasteiger partial charge in [-0.25, -0.2) is 0 Å². The molecule has 0 aliphatic rings. The summed E-state index contributed by atoms with van der Waals surface area (Å²) < 4.78 is 11.6. The maximum atomic E-state index is 5.86. The molecule has 1 aromatic rings. The van der Waals surface area contributed by atoms with E-state index in [1.165, 1.54) is 0 Å². The number of hydrogen-bond acceptors (Lipinski definition) is 2. The van der Waals surface area contributed by atoms with Crippen LogP contribution in [-0.2, 0) is 4.74 Å². The van der Waals surface area contributed by atoms with Crippen LogP contribution in [0.3, 0.4) is 0 Å². The Bertz CT molecular complexity index is 321. The van der Waals surface area contributed by atoms with Crippen molar-refractivity contribution in [1.29, 1.82) is 0 Å². The van der Waals surface area contributed by atoms with Gasteiger partial charge in [0, 0.05) is 6.42 Å². The van der Waals surface area contributed by atoms with Crippen molar-refractivity contribution < 1.29 is 9.47 Å². The highest BCUT2D eigenvalue weighted by molar-refractivity contribution is 5.48. The molecule has 1 rings (SSSR count). The van der Waals surface area contributed by atoms with Crippen LogP contribution in [-0.4, -0.2) is 12.9 Å². The van der Waals surface area contributed by atoms with Crippen LogP contribution in [0.25, 0.3) is 6.08 Å². The SMILES string of the molecule is C=Cc1ccc(OC(CCCC)OCCC)cc1. The normalized spacial score (nSPS) is 12.1. The molecule has 0 radical (unpaired) electrons. The van der Waals surface area contributed by atoms with Gasteiger partial charge in [0.25, 0.3) is 0 Å². The fourth-order valence-electron chi connectivity index (χ4n) is 1.63. The lowest BCUT2D eigenvalue weighted by atomic mass is 10.2. The van der Waals surface area contributed by atoms with E-state index in [4.69, 9.17) is 9.47 Å². The van der Waals surface area contributed by atoms with Gasteiger partial charge in [-0.2, -0.15) is 0 Å². The first kappa shape index (κ1) is 14.8. The van der Waals surface area contributed by atoms with Crippen molar-refractivity contribution in [3.8, 4) is 5.75 Å². The van der Waals surface area contributed by atoms with Crippen LogP contribution in [0.4, 0.5) is 0 Å². The van der Waals surface area contributed by atoms with Crippen LogP contribution in [0.15, 0.2) is 30.8 Å². The molecular weight excluding hydrogens is 224 g/mol. The van der Waals surface area contributed by atoms with Gasteiger partial charge >= 0.3 is 0 Å². The maximum Gasteiger partial charge on any atom is 0.199 e. The second-order valence-electron chi connectivity index (χ2n) is 4.33. The van der Waals surface area contributed by atoms with Crippen LogP contribution in [0.1, 0.15) is 45.1 Å². The summed E-state index contributed by atoms with van der Waals surface area (Å²) in [6.07, 6.45) is 5.94. The Morgan fingerprint density at radius 2 is 1.89 bits per heavy atom. The van der Waals surface area contributed by atoms with Crippen LogP contribution >= 0.6 is 0 Å². The Morgan fingerprint density at radius 3 is 2.44 bits per heavy atom. The zero-order chi connectivity index (χ0) is 13.2. The van der Waals surface area contributed by atoms with Gasteiger partial charge in [0.05, 0.1) is 6.61 Å². The van der Waals surface area contributed by atoms with Crippen molar-refractivity contribution in [2.75, 3.05) is 6.61 Å². The molecule has 100 valence electrons. The maximum absolute atomic E-state index is 5.86. The number of unbranched alkanes of at least 4 members (excludes halogenated alkanes) is 1. The minimum absolute atomic E-state index is 0.125. The van der Waals surface area contributed by atoms with Gasteiger partial charge in [0.15, 0.2) is 6.29 Å². The lowest BCUT2D eigenvalue weighted by molar-refractivity contribution is -0.0851. The number of benzene rings is 1. The number of ether oxygens (including phenoxy) is 2. The van der Waals surface area contributed by atoms with E-state index in [9.17, 15) is 0 Å². The zero-order valence-electron chi connectivity index (χ0n) is 11.5. The molecule has 0 aliphatic carbocycles. The smallest absolute Gasteiger partial charge is 0.199 e. The lowest BCUT2D eigenvalue weighted by Crippen LogP contribution is -2.21. The summed E-state index contributed by atoms with van der Waals surface area (Å²) in [7, 11) is 0. The molecule has 18 heavy (non-hydrogen) atoms. The van der Waals surface area contributed by atoms with Gasteiger partial charge in [-0.05, 0) is 30.5 Å². The van der Waals surface area contributed by atoms with E-state index >= 15 is 0 Å². The Morgan fingerprint density at radius 1 is 1.17 bits per heavy atom. The molecule has 0 aromatic heterocycles.